The van der Waals surface area contributed by atoms with Crippen molar-refractivity contribution in [2.24, 2.45) is 5.73 Å². The maximum Gasteiger partial charge on any atom is 0.219 e. The molecule has 6 nitrogen and oxygen atoms in total. The average Bonchev–Trinajstić information content (AvgIpc) is 2.53. The molecule has 0 aliphatic heterocycles. The summed E-state index contributed by atoms with van der Waals surface area (Å²) in [4.78, 5) is 11.3. The van der Waals surface area contributed by atoms with Crippen molar-refractivity contribution in [3.05, 3.63) is 17.7 Å². The topological polar surface area (TPSA) is 82.8 Å². The van der Waals surface area contributed by atoms with Crippen molar-refractivity contribution in [3.63, 3.8) is 0 Å². The Kier molecular flexibility index (Phi) is 8.14. The first-order valence-corrected chi connectivity index (χ1v) is 7.50. The average molecular weight is 310 g/mol. The Morgan fingerprint density at radius 1 is 1.18 bits per heavy atom. The van der Waals surface area contributed by atoms with Gasteiger partial charge in [-0.2, -0.15) is 0 Å². The highest BCUT2D eigenvalue weighted by atomic mass is 16.5. The third-order valence-electron chi connectivity index (χ3n) is 3.23. The molecule has 0 fully saturated rings. The summed E-state index contributed by atoms with van der Waals surface area (Å²) >= 11 is 0. The number of benzene rings is 1. The zero-order valence-corrected chi connectivity index (χ0v) is 13.6. The number of hydrogen-bond acceptors (Lipinski definition) is 5. The number of amides is 1. The number of carbonyl (C=O) groups excluding carboxylic acids is 1. The summed E-state index contributed by atoms with van der Waals surface area (Å²) in [5.41, 5.74) is 6.52. The molecule has 1 aromatic rings. The Balaban J connectivity index is 2.50. The van der Waals surface area contributed by atoms with E-state index in [0.29, 0.717) is 43.4 Å². The fourth-order valence-corrected chi connectivity index (χ4v) is 2.11. The maximum atomic E-state index is 11.3. The van der Waals surface area contributed by atoms with E-state index in [1.807, 2.05) is 6.92 Å². The van der Waals surface area contributed by atoms with E-state index in [1.165, 1.54) is 0 Å². The molecule has 0 spiro atoms. The van der Waals surface area contributed by atoms with Gasteiger partial charge in [-0.25, -0.2) is 0 Å². The van der Waals surface area contributed by atoms with Gasteiger partial charge in [-0.1, -0.05) is 0 Å². The van der Waals surface area contributed by atoms with Crippen LogP contribution < -0.4 is 25.3 Å². The van der Waals surface area contributed by atoms with Gasteiger partial charge in [-0.15, -0.1) is 0 Å². The lowest BCUT2D eigenvalue weighted by Crippen LogP contribution is -2.22. The molecule has 0 saturated carbocycles. The third-order valence-corrected chi connectivity index (χ3v) is 3.23. The summed E-state index contributed by atoms with van der Waals surface area (Å²) in [6.07, 6.45) is 2.12. The number of nitrogens with one attached hydrogen (secondary N) is 1. The number of ether oxygens (including phenoxy) is 3. The molecule has 0 unspecified atom stereocenters. The first-order valence-electron chi connectivity index (χ1n) is 7.50. The lowest BCUT2D eigenvalue weighted by atomic mass is 10.1. The van der Waals surface area contributed by atoms with E-state index in [1.54, 1.807) is 26.4 Å². The molecule has 1 aromatic carbocycles. The van der Waals surface area contributed by atoms with Crippen LogP contribution in [0.1, 0.15) is 31.7 Å². The molecule has 0 aliphatic carbocycles. The molecule has 0 radical (unpaired) electrons. The van der Waals surface area contributed by atoms with Crippen molar-refractivity contribution in [1.82, 2.24) is 5.32 Å². The molecule has 0 heterocycles. The SMILES string of the molecule is CCNC(=O)CCCCOc1cc(OC)c(CN)c(OC)c1. The van der Waals surface area contributed by atoms with Gasteiger partial charge in [0.05, 0.1) is 20.8 Å². The lowest BCUT2D eigenvalue weighted by Gasteiger charge is -2.14. The Morgan fingerprint density at radius 2 is 1.82 bits per heavy atom. The quantitative estimate of drug-likeness (QED) is 0.644. The van der Waals surface area contributed by atoms with Crippen LogP contribution in [0.5, 0.6) is 17.2 Å². The minimum absolute atomic E-state index is 0.0816. The van der Waals surface area contributed by atoms with Crippen LogP contribution in [0.15, 0.2) is 12.1 Å². The summed E-state index contributed by atoms with van der Waals surface area (Å²) in [5, 5.41) is 2.77. The fraction of sp³-hybridized carbons (Fsp3) is 0.562. The summed E-state index contributed by atoms with van der Waals surface area (Å²) in [5.74, 6) is 2.06. The van der Waals surface area contributed by atoms with E-state index in [9.17, 15) is 4.79 Å². The smallest absolute Gasteiger partial charge is 0.219 e. The molecule has 1 rings (SSSR count). The molecule has 3 N–H and O–H groups in total. The fourth-order valence-electron chi connectivity index (χ4n) is 2.11. The third kappa shape index (κ3) is 5.44. The van der Waals surface area contributed by atoms with E-state index in [2.05, 4.69) is 5.32 Å². The normalized spacial score (nSPS) is 10.2. The Hall–Kier alpha value is -1.95. The van der Waals surface area contributed by atoms with Gasteiger partial charge < -0.3 is 25.3 Å². The maximum absolute atomic E-state index is 11.3. The van der Waals surface area contributed by atoms with Crippen LogP contribution in [0.4, 0.5) is 0 Å². The molecular formula is C16H26N2O4. The van der Waals surface area contributed by atoms with E-state index in [-0.39, 0.29) is 5.91 Å². The van der Waals surface area contributed by atoms with Gasteiger partial charge in [0.1, 0.15) is 17.2 Å². The van der Waals surface area contributed by atoms with Gasteiger partial charge in [0.2, 0.25) is 5.91 Å². The van der Waals surface area contributed by atoms with Crippen molar-refractivity contribution in [2.45, 2.75) is 32.7 Å². The molecule has 124 valence electrons. The van der Waals surface area contributed by atoms with E-state index in [0.717, 1.165) is 18.4 Å². The van der Waals surface area contributed by atoms with E-state index < -0.39 is 0 Å². The van der Waals surface area contributed by atoms with Crippen molar-refractivity contribution in [3.8, 4) is 17.2 Å². The number of nitrogens with two attached hydrogens (primary N) is 1. The second kappa shape index (κ2) is 9.89. The van der Waals surface area contributed by atoms with Crippen molar-refractivity contribution in [1.29, 1.82) is 0 Å². The molecule has 1 amide bonds. The van der Waals surface area contributed by atoms with Crippen LogP contribution in [0.3, 0.4) is 0 Å². The zero-order valence-electron chi connectivity index (χ0n) is 13.6. The molecule has 0 saturated heterocycles. The molecule has 0 bridgehead atoms. The number of carbonyl (C=O) groups is 1. The number of hydrogen-bond donors (Lipinski definition) is 2. The highest BCUT2D eigenvalue weighted by Crippen LogP contribution is 2.33. The van der Waals surface area contributed by atoms with Crippen LogP contribution in [0.25, 0.3) is 0 Å². The molecule has 22 heavy (non-hydrogen) atoms. The second-order valence-corrected chi connectivity index (χ2v) is 4.77. The van der Waals surface area contributed by atoms with Gasteiger partial charge in [0, 0.05) is 37.2 Å². The van der Waals surface area contributed by atoms with Crippen LogP contribution in [-0.2, 0) is 11.3 Å². The van der Waals surface area contributed by atoms with Crippen LogP contribution in [0, 0.1) is 0 Å². The van der Waals surface area contributed by atoms with Gasteiger partial charge in [0.25, 0.3) is 0 Å². The monoisotopic (exact) mass is 310 g/mol. The van der Waals surface area contributed by atoms with Crippen LogP contribution >= 0.6 is 0 Å². The minimum Gasteiger partial charge on any atom is -0.496 e. The molecular weight excluding hydrogens is 284 g/mol. The predicted octanol–water partition coefficient (Wildman–Crippen LogP) is 1.85. The van der Waals surface area contributed by atoms with Crippen molar-refractivity contribution in [2.75, 3.05) is 27.4 Å². The second-order valence-electron chi connectivity index (χ2n) is 4.77. The standard InChI is InChI=1S/C16H26N2O4/c1-4-18-16(19)7-5-6-8-22-12-9-14(20-2)13(11-17)15(10-12)21-3/h9-10H,4-8,11,17H2,1-3H3,(H,18,19). The molecule has 0 aliphatic rings. The first-order chi connectivity index (χ1) is 10.7. The molecule has 0 atom stereocenters. The summed E-state index contributed by atoms with van der Waals surface area (Å²) in [6, 6.07) is 3.60. The van der Waals surface area contributed by atoms with Crippen LogP contribution in [-0.4, -0.2) is 33.3 Å². The van der Waals surface area contributed by atoms with Gasteiger partial charge >= 0.3 is 0 Å². The van der Waals surface area contributed by atoms with Gasteiger partial charge in [0.15, 0.2) is 0 Å². The van der Waals surface area contributed by atoms with Crippen molar-refractivity contribution < 1.29 is 19.0 Å². The molecule has 0 aromatic heterocycles. The molecule has 6 heteroatoms. The highest BCUT2D eigenvalue weighted by molar-refractivity contribution is 5.75. The van der Waals surface area contributed by atoms with E-state index in [4.69, 9.17) is 19.9 Å². The summed E-state index contributed by atoms with van der Waals surface area (Å²) < 4.78 is 16.3. The van der Waals surface area contributed by atoms with Crippen molar-refractivity contribution >= 4 is 5.91 Å². The Morgan fingerprint density at radius 3 is 2.32 bits per heavy atom. The van der Waals surface area contributed by atoms with Gasteiger partial charge in [-0.05, 0) is 19.8 Å². The largest absolute Gasteiger partial charge is 0.496 e. The minimum atomic E-state index is 0.0816. The zero-order chi connectivity index (χ0) is 16.4. The Bertz CT molecular complexity index is 452. The summed E-state index contributed by atoms with van der Waals surface area (Å²) in [7, 11) is 3.17. The number of rotatable bonds is 10. The number of methoxy groups -OCH3 is 2. The first kappa shape index (κ1) is 18.1. The predicted molar refractivity (Wildman–Crippen MR) is 85.5 cm³/mol. The number of unbranched alkanes of at least 4 members (excludes halogenated alkanes) is 1. The summed E-state index contributed by atoms with van der Waals surface area (Å²) in [6.45, 7) is 3.45. The highest BCUT2D eigenvalue weighted by Gasteiger charge is 2.11. The van der Waals surface area contributed by atoms with E-state index >= 15 is 0 Å². The van der Waals surface area contributed by atoms with Gasteiger partial charge in [-0.3, -0.25) is 4.79 Å². The Labute approximate surface area is 131 Å². The lowest BCUT2D eigenvalue weighted by molar-refractivity contribution is -0.121. The van der Waals surface area contributed by atoms with Crippen LogP contribution in [0.2, 0.25) is 0 Å².